The average molecular weight is 364 g/mol. The lowest BCUT2D eigenvalue weighted by molar-refractivity contribution is -0.168. The Morgan fingerprint density at radius 3 is 2.92 bits per heavy atom. The number of benzene rings is 1. The van der Waals surface area contributed by atoms with E-state index in [9.17, 15) is 18.4 Å². The van der Waals surface area contributed by atoms with Crippen LogP contribution >= 0.6 is 0 Å². The Bertz CT molecular complexity index is 849. The zero-order valence-corrected chi connectivity index (χ0v) is 14.4. The van der Waals surface area contributed by atoms with Gasteiger partial charge in [0.15, 0.2) is 9.84 Å². The number of aromatic nitrogens is 1. The second kappa shape index (κ2) is 7.47. The minimum atomic E-state index is -3.58. The molecule has 2 unspecified atom stereocenters. The first-order valence-corrected chi connectivity index (χ1v) is 9.89. The maximum Gasteiger partial charge on any atom is 0.233 e. The van der Waals surface area contributed by atoms with E-state index in [4.69, 9.17) is 4.74 Å². The fraction of sp³-hybridized carbons (Fsp3) is 0.412. The first kappa shape index (κ1) is 17.8. The van der Waals surface area contributed by atoms with Crippen LogP contribution in [0.5, 0.6) is 0 Å². The van der Waals surface area contributed by atoms with Crippen molar-refractivity contribution in [1.82, 2.24) is 10.0 Å². The molecule has 0 spiro atoms. The molecule has 0 radical (unpaired) electrons. The van der Waals surface area contributed by atoms with Crippen LogP contribution in [0.25, 0.3) is 10.9 Å². The molecule has 0 aliphatic carbocycles. The van der Waals surface area contributed by atoms with Gasteiger partial charge in [0.05, 0.1) is 29.2 Å². The van der Waals surface area contributed by atoms with Crippen molar-refractivity contribution in [2.75, 3.05) is 12.4 Å². The zero-order chi connectivity index (χ0) is 17.9. The van der Waals surface area contributed by atoms with Gasteiger partial charge in [0.25, 0.3) is 0 Å². The summed E-state index contributed by atoms with van der Waals surface area (Å²) in [5.74, 6) is -0.569. The van der Waals surface area contributed by atoms with Crippen molar-refractivity contribution in [3.63, 3.8) is 0 Å². The van der Waals surface area contributed by atoms with Crippen molar-refractivity contribution in [1.29, 1.82) is 0 Å². The molecule has 3 rings (SSSR count). The minimum Gasteiger partial charge on any atom is -0.376 e. The van der Waals surface area contributed by atoms with Gasteiger partial charge in [-0.2, -0.15) is 0 Å². The van der Waals surface area contributed by atoms with E-state index in [-0.39, 0.29) is 17.9 Å². The number of sulfone groups is 1. The van der Waals surface area contributed by atoms with Gasteiger partial charge in [-0.1, -0.05) is 18.2 Å². The van der Waals surface area contributed by atoms with Gasteiger partial charge in [-0.25, -0.2) is 13.5 Å². The third-order valence-electron chi connectivity index (χ3n) is 4.30. The van der Waals surface area contributed by atoms with Crippen LogP contribution in [0.3, 0.4) is 0 Å². The monoisotopic (exact) mass is 364 g/mol. The molecule has 1 aromatic carbocycles. The highest BCUT2D eigenvalue weighted by Gasteiger charge is 2.34. The average Bonchev–Trinajstić information content (AvgIpc) is 3.13. The summed E-state index contributed by atoms with van der Waals surface area (Å²) in [5, 5.41) is 11.0. The molecule has 134 valence electrons. The van der Waals surface area contributed by atoms with Gasteiger partial charge >= 0.3 is 0 Å². The van der Waals surface area contributed by atoms with Crippen molar-refractivity contribution < 1.29 is 23.2 Å². The lowest BCUT2D eigenvalue weighted by atomic mass is 10.1. The largest absolute Gasteiger partial charge is 0.376 e. The fourth-order valence-corrected chi connectivity index (χ4v) is 4.78. The Morgan fingerprint density at radius 1 is 1.40 bits per heavy atom. The second-order valence-electron chi connectivity index (χ2n) is 6.20. The zero-order valence-electron chi connectivity index (χ0n) is 13.6. The smallest absolute Gasteiger partial charge is 0.233 e. The van der Waals surface area contributed by atoms with Crippen LogP contribution in [-0.4, -0.2) is 54.6 Å². The van der Waals surface area contributed by atoms with E-state index >= 15 is 0 Å². The number of para-hydroxylation sites is 1. The van der Waals surface area contributed by atoms with E-state index in [2.05, 4.69) is 4.98 Å². The molecule has 1 amide bonds. The van der Waals surface area contributed by atoms with Gasteiger partial charge in [0, 0.05) is 18.2 Å². The molecule has 1 aliphatic rings. The molecule has 25 heavy (non-hydrogen) atoms. The predicted octanol–water partition coefficient (Wildman–Crippen LogP) is 1.54. The van der Waals surface area contributed by atoms with Crippen LogP contribution in [0.1, 0.15) is 18.4 Å². The van der Waals surface area contributed by atoms with Gasteiger partial charge in [-0.15, -0.1) is 0 Å². The maximum atomic E-state index is 12.6. The highest BCUT2D eigenvalue weighted by Crippen LogP contribution is 2.21. The number of hydrogen-bond acceptors (Lipinski definition) is 6. The molecule has 1 saturated heterocycles. The molecule has 1 N–H and O–H groups in total. The Hall–Kier alpha value is -2.03. The van der Waals surface area contributed by atoms with Crippen LogP contribution in [0.4, 0.5) is 0 Å². The molecular formula is C17H20N2O5S. The van der Waals surface area contributed by atoms with Gasteiger partial charge in [0.1, 0.15) is 0 Å². The molecule has 2 aromatic rings. The number of fused-ring (bicyclic) bond motifs is 1. The molecule has 1 aromatic heterocycles. The van der Waals surface area contributed by atoms with E-state index in [0.717, 1.165) is 17.3 Å². The summed E-state index contributed by atoms with van der Waals surface area (Å²) in [6, 6.07) is 8.34. The summed E-state index contributed by atoms with van der Waals surface area (Å²) in [5.41, 5.74) is 1.36. The number of hydroxylamine groups is 2. The molecule has 0 bridgehead atoms. The minimum absolute atomic E-state index is 0.208. The van der Waals surface area contributed by atoms with E-state index in [1.807, 2.05) is 24.3 Å². The summed E-state index contributed by atoms with van der Waals surface area (Å²) in [6.07, 6.45) is 2.68. The van der Waals surface area contributed by atoms with Crippen molar-refractivity contribution in [3.8, 4) is 0 Å². The van der Waals surface area contributed by atoms with Gasteiger partial charge in [0.2, 0.25) is 6.41 Å². The highest BCUT2D eigenvalue weighted by molar-refractivity contribution is 7.90. The number of carbonyl (C=O) groups is 1. The Kier molecular flexibility index (Phi) is 5.31. The van der Waals surface area contributed by atoms with Crippen LogP contribution in [-0.2, 0) is 25.1 Å². The fourth-order valence-electron chi connectivity index (χ4n) is 3.11. The lowest BCUT2D eigenvalue weighted by Crippen LogP contribution is -2.45. The van der Waals surface area contributed by atoms with Crippen molar-refractivity contribution in [2.45, 2.75) is 30.7 Å². The van der Waals surface area contributed by atoms with Crippen LogP contribution < -0.4 is 0 Å². The number of ether oxygens (including phenoxy) is 1. The van der Waals surface area contributed by atoms with Crippen molar-refractivity contribution in [3.05, 3.63) is 42.1 Å². The third kappa shape index (κ3) is 4.33. The summed E-state index contributed by atoms with van der Waals surface area (Å²) < 4.78 is 30.6. The van der Waals surface area contributed by atoms with E-state index < -0.39 is 22.0 Å². The molecule has 2 heterocycles. The summed E-state index contributed by atoms with van der Waals surface area (Å²) in [7, 11) is -3.58. The molecule has 2 atom stereocenters. The molecule has 7 nitrogen and oxygen atoms in total. The van der Waals surface area contributed by atoms with Gasteiger partial charge in [-0.3, -0.25) is 15.0 Å². The molecule has 1 aliphatic heterocycles. The first-order chi connectivity index (χ1) is 12.0. The quantitative estimate of drug-likeness (QED) is 0.455. The van der Waals surface area contributed by atoms with Crippen molar-refractivity contribution in [2.24, 2.45) is 0 Å². The number of nitrogens with zero attached hydrogens (tertiary/aromatic N) is 2. The number of amides is 1. The Balaban J connectivity index is 1.77. The third-order valence-corrected chi connectivity index (χ3v) is 5.92. The number of carbonyl (C=O) groups excluding carboxylic acids is 1. The van der Waals surface area contributed by atoms with E-state index in [1.54, 1.807) is 6.07 Å². The predicted molar refractivity (Wildman–Crippen MR) is 91.7 cm³/mol. The summed E-state index contributed by atoms with van der Waals surface area (Å²) >= 11 is 0. The van der Waals surface area contributed by atoms with Crippen LogP contribution in [0.2, 0.25) is 0 Å². The highest BCUT2D eigenvalue weighted by atomic mass is 32.2. The van der Waals surface area contributed by atoms with E-state index in [1.165, 1.54) is 6.20 Å². The molecule has 8 heteroatoms. The molecule has 0 saturated carbocycles. The van der Waals surface area contributed by atoms with Gasteiger partial charge in [-0.05, 0) is 30.5 Å². The first-order valence-electron chi connectivity index (χ1n) is 8.07. The topological polar surface area (TPSA) is 96.8 Å². The SMILES string of the molecule is O=CN(O)C(CS(=O)(=O)Cc1cnc2ccccc2c1)C1CCCO1. The standard InChI is InChI=1S/C17H20N2O5S/c20-12-19(21)16(17-6-3-7-24-17)11-25(22,23)10-13-8-14-4-1-2-5-15(14)18-9-13/h1-2,4-5,8-9,12,16-17,21H,3,6-7,10-11H2. The second-order valence-corrected chi connectivity index (χ2v) is 8.30. The molecular weight excluding hydrogens is 344 g/mol. The normalized spacial score (nSPS) is 19.0. The van der Waals surface area contributed by atoms with Crippen molar-refractivity contribution >= 4 is 27.2 Å². The summed E-state index contributed by atoms with van der Waals surface area (Å²) in [6.45, 7) is 0.502. The Morgan fingerprint density at radius 2 is 2.20 bits per heavy atom. The van der Waals surface area contributed by atoms with Crippen LogP contribution in [0.15, 0.2) is 36.5 Å². The number of pyridine rings is 1. The lowest BCUT2D eigenvalue weighted by Gasteiger charge is -2.27. The number of rotatable bonds is 7. The molecule has 1 fully saturated rings. The number of hydrogen-bond donors (Lipinski definition) is 1. The van der Waals surface area contributed by atoms with E-state index in [0.29, 0.717) is 23.7 Å². The van der Waals surface area contributed by atoms with Gasteiger partial charge < -0.3 is 4.74 Å². The maximum absolute atomic E-state index is 12.6. The Labute approximate surface area is 146 Å². The van der Waals surface area contributed by atoms with Crippen LogP contribution in [0, 0.1) is 0 Å². The summed E-state index contributed by atoms with van der Waals surface area (Å²) in [4.78, 5) is 15.2.